The molecule has 4 rings (SSSR count). The van der Waals surface area contributed by atoms with Gasteiger partial charge >= 0.3 is 0 Å². The standard InChI is InChI=1S/C22H27FN2O5S2/c1-2-30-19-7-9-20(10-8-19)32(28,29)22-16-31(26,27)15-21(22)25-13-11-24(12-14-25)18-5-3-17(23)4-6-18/h3-10,21-22H,2,11-16H2,1H3. The van der Waals surface area contributed by atoms with Crippen LogP contribution in [0.1, 0.15) is 6.92 Å². The molecule has 2 fully saturated rings. The van der Waals surface area contributed by atoms with E-state index in [0.29, 0.717) is 38.5 Å². The topological polar surface area (TPSA) is 84.0 Å². The van der Waals surface area contributed by atoms with Gasteiger partial charge in [-0.3, -0.25) is 4.90 Å². The van der Waals surface area contributed by atoms with Crippen LogP contribution in [-0.4, -0.2) is 77.3 Å². The molecule has 0 N–H and O–H groups in total. The second-order valence-corrected chi connectivity index (χ2v) is 12.5. The lowest BCUT2D eigenvalue weighted by Gasteiger charge is -2.40. The Kier molecular flexibility index (Phi) is 6.46. The maximum atomic E-state index is 13.4. The van der Waals surface area contributed by atoms with Crippen LogP contribution in [0.3, 0.4) is 0 Å². The molecule has 32 heavy (non-hydrogen) atoms. The van der Waals surface area contributed by atoms with E-state index in [4.69, 9.17) is 4.74 Å². The van der Waals surface area contributed by atoms with E-state index in [-0.39, 0.29) is 22.2 Å². The molecule has 10 heteroatoms. The van der Waals surface area contributed by atoms with Gasteiger partial charge in [-0.1, -0.05) is 0 Å². The number of hydrogen-bond acceptors (Lipinski definition) is 7. The van der Waals surface area contributed by atoms with Gasteiger partial charge in [0.15, 0.2) is 19.7 Å². The van der Waals surface area contributed by atoms with Crippen LogP contribution in [0, 0.1) is 5.82 Å². The first-order valence-corrected chi connectivity index (χ1v) is 14.0. The Morgan fingerprint density at radius 2 is 1.59 bits per heavy atom. The van der Waals surface area contributed by atoms with Gasteiger partial charge in [-0.2, -0.15) is 0 Å². The summed E-state index contributed by atoms with van der Waals surface area (Å²) in [5.41, 5.74) is 0.892. The fourth-order valence-electron chi connectivity index (χ4n) is 4.46. The SMILES string of the molecule is CCOc1ccc(S(=O)(=O)C2CS(=O)(=O)CC2N2CCN(c3ccc(F)cc3)CC2)cc1. The summed E-state index contributed by atoms with van der Waals surface area (Å²) in [6.07, 6.45) is 0. The lowest BCUT2D eigenvalue weighted by atomic mass is 10.1. The third-order valence-electron chi connectivity index (χ3n) is 6.11. The van der Waals surface area contributed by atoms with Crippen molar-refractivity contribution in [2.24, 2.45) is 0 Å². The smallest absolute Gasteiger partial charge is 0.183 e. The van der Waals surface area contributed by atoms with E-state index in [1.807, 2.05) is 11.8 Å². The Morgan fingerprint density at radius 3 is 2.19 bits per heavy atom. The molecule has 2 atom stereocenters. The first-order chi connectivity index (χ1) is 15.2. The molecule has 7 nitrogen and oxygen atoms in total. The van der Waals surface area contributed by atoms with E-state index >= 15 is 0 Å². The van der Waals surface area contributed by atoms with Crippen molar-refractivity contribution in [1.29, 1.82) is 0 Å². The fraction of sp³-hybridized carbons (Fsp3) is 0.455. The van der Waals surface area contributed by atoms with E-state index in [9.17, 15) is 21.2 Å². The van der Waals surface area contributed by atoms with Crippen molar-refractivity contribution in [2.75, 3.05) is 49.2 Å². The molecule has 0 radical (unpaired) electrons. The normalized spacial score (nSPS) is 23.9. The predicted octanol–water partition coefficient (Wildman–Crippen LogP) is 1.99. The molecule has 0 spiro atoms. The van der Waals surface area contributed by atoms with Crippen LogP contribution in [-0.2, 0) is 19.7 Å². The van der Waals surface area contributed by atoms with Gasteiger partial charge in [-0.25, -0.2) is 21.2 Å². The number of halogens is 1. The highest BCUT2D eigenvalue weighted by molar-refractivity contribution is 7.96. The molecule has 2 aromatic carbocycles. The van der Waals surface area contributed by atoms with Gasteiger partial charge in [0.25, 0.3) is 0 Å². The van der Waals surface area contributed by atoms with Gasteiger partial charge in [0.1, 0.15) is 11.6 Å². The molecular weight excluding hydrogens is 455 g/mol. The third-order valence-corrected chi connectivity index (χ3v) is 10.2. The number of benzene rings is 2. The second-order valence-electron chi connectivity index (χ2n) is 8.13. The van der Waals surface area contributed by atoms with Crippen LogP contribution in [0.15, 0.2) is 53.4 Å². The van der Waals surface area contributed by atoms with Crippen molar-refractivity contribution < 1.29 is 26.0 Å². The molecule has 2 aliphatic rings. The Balaban J connectivity index is 1.52. The Labute approximate surface area is 188 Å². The molecule has 0 saturated carbocycles. The van der Waals surface area contributed by atoms with Gasteiger partial charge in [-0.15, -0.1) is 0 Å². The highest BCUT2D eigenvalue weighted by Crippen LogP contribution is 2.31. The number of rotatable bonds is 6. The minimum absolute atomic E-state index is 0.109. The first kappa shape index (κ1) is 23.0. The molecule has 2 aliphatic heterocycles. The van der Waals surface area contributed by atoms with E-state index in [1.54, 1.807) is 24.3 Å². The molecule has 2 unspecified atom stereocenters. The van der Waals surface area contributed by atoms with Crippen LogP contribution in [0.5, 0.6) is 5.75 Å². The van der Waals surface area contributed by atoms with Crippen molar-refractivity contribution in [1.82, 2.24) is 4.90 Å². The summed E-state index contributed by atoms with van der Waals surface area (Å²) in [4.78, 5) is 4.18. The van der Waals surface area contributed by atoms with Crippen LogP contribution in [0.2, 0.25) is 0 Å². The number of nitrogens with zero attached hydrogens (tertiary/aromatic N) is 2. The summed E-state index contributed by atoms with van der Waals surface area (Å²) >= 11 is 0. The maximum absolute atomic E-state index is 13.4. The van der Waals surface area contributed by atoms with Crippen LogP contribution in [0.25, 0.3) is 0 Å². The number of hydrogen-bond donors (Lipinski definition) is 0. The van der Waals surface area contributed by atoms with E-state index in [1.165, 1.54) is 24.3 Å². The lowest BCUT2D eigenvalue weighted by molar-refractivity contribution is 0.201. The summed E-state index contributed by atoms with van der Waals surface area (Å²) in [6, 6.07) is 11.8. The summed E-state index contributed by atoms with van der Waals surface area (Å²) in [7, 11) is -7.32. The van der Waals surface area contributed by atoms with Crippen molar-refractivity contribution in [2.45, 2.75) is 23.1 Å². The average Bonchev–Trinajstić information content (AvgIpc) is 3.11. The van der Waals surface area contributed by atoms with E-state index < -0.39 is 31.0 Å². The van der Waals surface area contributed by atoms with Gasteiger partial charge in [0, 0.05) is 37.9 Å². The van der Waals surface area contributed by atoms with Gasteiger partial charge in [0.2, 0.25) is 0 Å². The minimum atomic E-state index is -3.84. The van der Waals surface area contributed by atoms with Gasteiger partial charge in [-0.05, 0) is 55.5 Å². The molecule has 2 heterocycles. The number of anilines is 1. The van der Waals surface area contributed by atoms with Crippen molar-refractivity contribution >= 4 is 25.4 Å². The fourth-order valence-corrected chi connectivity index (χ4v) is 9.29. The summed E-state index contributed by atoms with van der Waals surface area (Å²) in [5.74, 6) is -0.264. The second kappa shape index (κ2) is 8.99. The number of sulfone groups is 2. The van der Waals surface area contributed by atoms with E-state index in [0.717, 1.165) is 5.69 Å². The molecule has 0 aromatic heterocycles. The van der Waals surface area contributed by atoms with Crippen LogP contribution < -0.4 is 9.64 Å². The molecular formula is C22H27FN2O5S2. The Hall–Kier alpha value is -2.17. The molecule has 2 aromatic rings. The van der Waals surface area contributed by atoms with Crippen molar-refractivity contribution in [3.63, 3.8) is 0 Å². The molecule has 0 amide bonds. The number of piperazine rings is 1. The molecule has 2 saturated heterocycles. The van der Waals surface area contributed by atoms with Crippen molar-refractivity contribution in [3.05, 3.63) is 54.3 Å². The van der Waals surface area contributed by atoms with Crippen LogP contribution >= 0.6 is 0 Å². The lowest BCUT2D eigenvalue weighted by Crippen LogP contribution is -2.55. The van der Waals surface area contributed by atoms with Gasteiger partial charge < -0.3 is 9.64 Å². The zero-order valence-electron chi connectivity index (χ0n) is 17.9. The maximum Gasteiger partial charge on any atom is 0.183 e. The van der Waals surface area contributed by atoms with Crippen molar-refractivity contribution in [3.8, 4) is 5.75 Å². The molecule has 0 aliphatic carbocycles. The molecule has 0 bridgehead atoms. The van der Waals surface area contributed by atoms with Gasteiger partial charge in [0.05, 0.1) is 28.3 Å². The third kappa shape index (κ3) is 4.77. The minimum Gasteiger partial charge on any atom is -0.494 e. The zero-order valence-corrected chi connectivity index (χ0v) is 19.5. The largest absolute Gasteiger partial charge is 0.494 e. The Bertz CT molecular complexity index is 1140. The highest BCUT2D eigenvalue weighted by atomic mass is 32.2. The predicted molar refractivity (Wildman–Crippen MR) is 121 cm³/mol. The summed E-state index contributed by atoms with van der Waals surface area (Å²) in [5, 5.41) is -1.01. The van der Waals surface area contributed by atoms with Crippen LogP contribution in [0.4, 0.5) is 10.1 Å². The molecule has 174 valence electrons. The zero-order chi connectivity index (χ0) is 22.9. The quantitative estimate of drug-likeness (QED) is 0.623. The highest BCUT2D eigenvalue weighted by Gasteiger charge is 2.48. The first-order valence-electron chi connectivity index (χ1n) is 10.6. The summed E-state index contributed by atoms with van der Waals surface area (Å²) in [6.45, 7) is 4.60. The summed E-state index contributed by atoms with van der Waals surface area (Å²) < 4.78 is 70.3. The number of ether oxygens (including phenoxy) is 1. The monoisotopic (exact) mass is 482 g/mol. The average molecular weight is 483 g/mol. The van der Waals surface area contributed by atoms with E-state index in [2.05, 4.69) is 4.90 Å². The Morgan fingerprint density at radius 1 is 0.969 bits per heavy atom.